The number of amides is 1. The number of aromatic nitrogens is 3. The van der Waals surface area contributed by atoms with Crippen molar-refractivity contribution in [2.24, 2.45) is 0 Å². The Labute approximate surface area is 144 Å². The SMILES string of the molecule is Cc1cc(C(=O)NCC2Cc3cc(-c4cncnc4)ccc3O2)no1. The van der Waals surface area contributed by atoms with Crippen molar-refractivity contribution in [3.05, 3.63) is 60.0 Å². The zero-order chi connectivity index (χ0) is 17.2. The fourth-order valence-electron chi connectivity index (χ4n) is 2.83. The summed E-state index contributed by atoms with van der Waals surface area (Å²) in [4.78, 5) is 20.1. The lowest BCUT2D eigenvalue weighted by atomic mass is 10.0. The first-order valence-corrected chi connectivity index (χ1v) is 7.95. The minimum absolute atomic E-state index is 0.103. The standard InChI is InChI=1S/C18H16N4O3/c1-11-4-16(22-25-11)18(23)21-9-15-6-13-5-12(2-3-17(13)24-15)14-7-19-10-20-8-14/h2-5,7-8,10,15H,6,9H2,1H3,(H,21,23). The van der Waals surface area contributed by atoms with Crippen LogP contribution in [0, 0.1) is 6.92 Å². The van der Waals surface area contributed by atoms with Gasteiger partial charge in [0.15, 0.2) is 5.69 Å². The predicted octanol–water partition coefficient (Wildman–Crippen LogP) is 2.17. The Balaban J connectivity index is 1.40. The summed E-state index contributed by atoms with van der Waals surface area (Å²) in [5, 5.41) is 6.53. The zero-order valence-electron chi connectivity index (χ0n) is 13.6. The van der Waals surface area contributed by atoms with E-state index in [0.717, 1.165) is 28.9 Å². The summed E-state index contributed by atoms with van der Waals surface area (Å²) in [5.74, 6) is 1.18. The fourth-order valence-corrected chi connectivity index (χ4v) is 2.83. The second-order valence-electron chi connectivity index (χ2n) is 5.93. The topological polar surface area (TPSA) is 90.1 Å². The summed E-state index contributed by atoms with van der Waals surface area (Å²) in [5.41, 5.74) is 3.39. The molecule has 1 aliphatic heterocycles. The molecule has 3 heterocycles. The summed E-state index contributed by atoms with van der Waals surface area (Å²) >= 11 is 0. The van der Waals surface area contributed by atoms with Crippen molar-refractivity contribution in [2.75, 3.05) is 6.54 Å². The Morgan fingerprint density at radius 1 is 1.24 bits per heavy atom. The molecule has 1 aliphatic rings. The van der Waals surface area contributed by atoms with Gasteiger partial charge in [0, 0.05) is 30.4 Å². The van der Waals surface area contributed by atoms with Crippen LogP contribution in [0.4, 0.5) is 0 Å². The minimum atomic E-state index is -0.265. The van der Waals surface area contributed by atoms with Crippen molar-refractivity contribution in [1.82, 2.24) is 20.4 Å². The summed E-state index contributed by atoms with van der Waals surface area (Å²) in [6.07, 6.45) is 5.70. The molecule has 7 heteroatoms. The van der Waals surface area contributed by atoms with Crippen LogP contribution in [0.25, 0.3) is 11.1 Å². The van der Waals surface area contributed by atoms with E-state index in [4.69, 9.17) is 9.26 Å². The molecule has 7 nitrogen and oxygen atoms in total. The van der Waals surface area contributed by atoms with E-state index in [2.05, 4.69) is 26.5 Å². The van der Waals surface area contributed by atoms with Gasteiger partial charge in [0.2, 0.25) is 0 Å². The first-order chi connectivity index (χ1) is 12.2. The van der Waals surface area contributed by atoms with Crippen molar-refractivity contribution in [3.8, 4) is 16.9 Å². The van der Waals surface area contributed by atoms with E-state index in [1.165, 1.54) is 6.33 Å². The van der Waals surface area contributed by atoms with Gasteiger partial charge in [-0.25, -0.2) is 9.97 Å². The van der Waals surface area contributed by atoms with E-state index in [-0.39, 0.29) is 17.7 Å². The molecular weight excluding hydrogens is 320 g/mol. The molecule has 0 fully saturated rings. The highest BCUT2D eigenvalue weighted by molar-refractivity contribution is 5.92. The van der Waals surface area contributed by atoms with Crippen molar-refractivity contribution in [2.45, 2.75) is 19.4 Å². The molecule has 4 rings (SSSR count). The molecule has 0 spiro atoms. The smallest absolute Gasteiger partial charge is 0.273 e. The van der Waals surface area contributed by atoms with Crippen LogP contribution in [-0.2, 0) is 6.42 Å². The summed E-state index contributed by atoms with van der Waals surface area (Å²) < 4.78 is 10.8. The Kier molecular flexibility index (Phi) is 3.89. The van der Waals surface area contributed by atoms with Crippen LogP contribution in [0.3, 0.4) is 0 Å². The molecule has 1 aromatic carbocycles. The molecule has 0 saturated heterocycles. The number of ether oxygens (including phenoxy) is 1. The molecule has 3 aromatic rings. The van der Waals surface area contributed by atoms with Crippen LogP contribution in [0.2, 0.25) is 0 Å². The van der Waals surface area contributed by atoms with Gasteiger partial charge in [-0.15, -0.1) is 0 Å². The van der Waals surface area contributed by atoms with Crippen LogP contribution in [0.1, 0.15) is 21.8 Å². The molecule has 1 amide bonds. The van der Waals surface area contributed by atoms with E-state index in [0.29, 0.717) is 12.3 Å². The first-order valence-electron chi connectivity index (χ1n) is 7.95. The van der Waals surface area contributed by atoms with Gasteiger partial charge < -0.3 is 14.6 Å². The number of nitrogens with zero attached hydrogens (tertiary/aromatic N) is 3. The molecule has 0 aliphatic carbocycles. The van der Waals surface area contributed by atoms with Crippen LogP contribution < -0.4 is 10.1 Å². The zero-order valence-corrected chi connectivity index (χ0v) is 13.6. The molecule has 1 N–H and O–H groups in total. The molecule has 0 bridgehead atoms. The van der Waals surface area contributed by atoms with Crippen LogP contribution in [0.15, 0.2) is 47.5 Å². The minimum Gasteiger partial charge on any atom is -0.488 e. The number of carbonyl (C=O) groups excluding carboxylic acids is 1. The van der Waals surface area contributed by atoms with E-state index in [1.807, 2.05) is 12.1 Å². The predicted molar refractivity (Wildman–Crippen MR) is 89.2 cm³/mol. The second-order valence-corrected chi connectivity index (χ2v) is 5.93. The highest BCUT2D eigenvalue weighted by Gasteiger charge is 2.24. The maximum Gasteiger partial charge on any atom is 0.273 e. The van der Waals surface area contributed by atoms with Crippen molar-refractivity contribution < 1.29 is 14.1 Å². The Morgan fingerprint density at radius 2 is 2.08 bits per heavy atom. The maximum atomic E-state index is 12.0. The molecule has 126 valence electrons. The van der Waals surface area contributed by atoms with E-state index in [9.17, 15) is 4.79 Å². The van der Waals surface area contributed by atoms with E-state index >= 15 is 0 Å². The van der Waals surface area contributed by atoms with Gasteiger partial charge in [-0.3, -0.25) is 4.79 Å². The average Bonchev–Trinajstić information content (AvgIpc) is 3.25. The lowest BCUT2D eigenvalue weighted by Crippen LogP contribution is -2.34. The van der Waals surface area contributed by atoms with Crippen molar-refractivity contribution in [3.63, 3.8) is 0 Å². The van der Waals surface area contributed by atoms with E-state index < -0.39 is 0 Å². The summed E-state index contributed by atoms with van der Waals surface area (Å²) in [6, 6.07) is 7.61. The van der Waals surface area contributed by atoms with Crippen molar-refractivity contribution >= 4 is 5.91 Å². The largest absolute Gasteiger partial charge is 0.488 e. The Morgan fingerprint density at radius 3 is 2.84 bits per heavy atom. The number of hydrogen-bond acceptors (Lipinski definition) is 6. The highest BCUT2D eigenvalue weighted by Crippen LogP contribution is 2.32. The molecule has 1 unspecified atom stereocenters. The van der Waals surface area contributed by atoms with Crippen LogP contribution in [-0.4, -0.2) is 33.7 Å². The number of aryl methyl sites for hydroxylation is 1. The molecule has 2 aromatic heterocycles. The van der Waals surface area contributed by atoms with Gasteiger partial charge in [-0.1, -0.05) is 11.2 Å². The number of hydrogen-bond donors (Lipinski definition) is 1. The number of nitrogens with one attached hydrogen (secondary N) is 1. The average molecular weight is 336 g/mol. The summed E-state index contributed by atoms with van der Waals surface area (Å²) in [7, 11) is 0. The lowest BCUT2D eigenvalue weighted by Gasteiger charge is -2.10. The number of benzene rings is 1. The molecule has 0 saturated carbocycles. The molecular formula is C18H16N4O3. The number of rotatable bonds is 4. The third-order valence-electron chi connectivity index (χ3n) is 4.05. The van der Waals surface area contributed by atoms with Gasteiger partial charge in [0.1, 0.15) is 23.9 Å². The van der Waals surface area contributed by atoms with Crippen LogP contribution >= 0.6 is 0 Å². The second kappa shape index (κ2) is 6.35. The molecule has 0 radical (unpaired) electrons. The van der Waals surface area contributed by atoms with Gasteiger partial charge in [0.05, 0.1) is 6.54 Å². The lowest BCUT2D eigenvalue weighted by molar-refractivity contribution is 0.0924. The van der Waals surface area contributed by atoms with Gasteiger partial charge in [-0.2, -0.15) is 0 Å². The Bertz CT molecular complexity index is 908. The third kappa shape index (κ3) is 3.21. The summed E-state index contributed by atoms with van der Waals surface area (Å²) in [6.45, 7) is 2.15. The van der Waals surface area contributed by atoms with Gasteiger partial charge >= 0.3 is 0 Å². The maximum absolute atomic E-state index is 12.0. The Hall–Kier alpha value is -3.22. The molecule has 1 atom stereocenters. The van der Waals surface area contributed by atoms with Crippen LogP contribution in [0.5, 0.6) is 5.75 Å². The highest BCUT2D eigenvalue weighted by atomic mass is 16.5. The van der Waals surface area contributed by atoms with Gasteiger partial charge in [0.25, 0.3) is 5.91 Å². The third-order valence-corrected chi connectivity index (χ3v) is 4.05. The fraction of sp³-hybridized carbons (Fsp3) is 0.222. The monoisotopic (exact) mass is 336 g/mol. The number of carbonyl (C=O) groups is 1. The first kappa shape index (κ1) is 15.3. The van der Waals surface area contributed by atoms with E-state index in [1.54, 1.807) is 25.4 Å². The van der Waals surface area contributed by atoms with Gasteiger partial charge in [-0.05, 0) is 30.2 Å². The number of fused-ring (bicyclic) bond motifs is 1. The van der Waals surface area contributed by atoms with Crippen molar-refractivity contribution in [1.29, 1.82) is 0 Å². The quantitative estimate of drug-likeness (QED) is 0.785. The normalized spacial score (nSPS) is 15.5. The molecule has 25 heavy (non-hydrogen) atoms.